The van der Waals surface area contributed by atoms with E-state index in [1.54, 1.807) is 6.92 Å². The van der Waals surface area contributed by atoms with Gasteiger partial charge in [0.25, 0.3) is 5.91 Å². The number of hydrogen-bond donors (Lipinski definition) is 1. The van der Waals surface area contributed by atoms with Crippen LogP contribution in [0, 0.1) is 18.6 Å². The highest BCUT2D eigenvalue weighted by atomic mass is 35.5. The van der Waals surface area contributed by atoms with Gasteiger partial charge in [-0.15, -0.1) is 11.6 Å². The summed E-state index contributed by atoms with van der Waals surface area (Å²) in [5.41, 5.74) is -1.01. The molecule has 0 bridgehead atoms. The first-order chi connectivity index (χ1) is 8.34. The van der Waals surface area contributed by atoms with E-state index in [1.165, 1.54) is 13.0 Å². The predicted octanol–water partition coefficient (Wildman–Crippen LogP) is 3.41. The van der Waals surface area contributed by atoms with Crippen molar-refractivity contribution < 1.29 is 13.6 Å². The van der Waals surface area contributed by atoms with E-state index in [9.17, 15) is 13.6 Å². The van der Waals surface area contributed by atoms with Crippen LogP contribution in [0.4, 0.5) is 8.78 Å². The number of carbonyl (C=O) groups excluding carboxylic acids is 1. The molecule has 100 valence electrons. The third-order valence-electron chi connectivity index (χ3n) is 3.00. The van der Waals surface area contributed by atoms with E-state index in [0.717, 1.165) is 6.07 Å². The van der Waals surface area contributed by atoms with Gasteiger partial charge in [0, 0.05) is 5.88 Å². The number of aryl methyl sites for hydroxylation is 1. The van der Waals surface area contributed by atoms with Gasteiger partial charge < -0.3 is 5.32 Å². The molecule has 1 unspecified atom stereocenters. The van der Waals surface area contributed by atoms with Crippen LogP contribution in [0.15, 0.2) is 12.1 Å². The summed E-state index contributed by atoms with van der Waals surface area (Å²) in [6.07, 6.45) is 0.567. The van der Waals surface area contributed by atoms with E-state index in [4.69, 9.17) is 11.6 Å². The number of alkyl halides is 1. The Bertz CT molecular complexity index is 459. The molecule has 0 fully saturated rings. The quantitative estimate of drug-likeness (QED) is 0.839. The summed E-state index contributed by atoms with van der Waals surface area (Å²) in [7, 11) is 0. The first kappa shape index (κ1) is 14.9. The number of benzene rings is 1. The lowest BCUT2D eigenvalue weighted by Gasteiger charge is -2.27. The van der Waals surface area contributed by atoms with E-state index in [-0.39, 0.29) is 11.4 Å². The highest BCUT2D eigenvalue weighted by Crippen LogP contribution is 2.18. The minimum Gasteiger partial charge on any atom is -0.346 e. The van der Waals surface area contributed by atoms with Crippen molar-refractivity contribution >= 4 is 17.5 Å². The van der Waals surface area contributed by atoms with Crippen LogP contribution < -0.4 is 5.32 Å². The molecule has 1 rings (SSSR count). The Kier molecular flexibility index (Phi) is 4.68. The van der Waals surface area contributed by atoms with Crippen LogP contribution in [-0.2, 0) is 0 Å². The molecule has 0 aliphatic heterocycles. The van der Waals surface area contributed by atoms with Crippen molar-refractivity contribution in [1.29, 1.82) is 0 Å². The lowest BCUT2D eigenvalue weighted by atomic mass is 10.0. The fraction of sp³-hybridized carbons (Fsp3) is 0.462. The average Bonchev–Trinajstić information content (AvgIpc) is 2.34. The van der Waals surface area contributed by atoms with Crippen molar-refractivity contribution in [3.63, 3.8) is 0 Å². The van der Waals surface area contributed by atoms with Gasteiger partial charge >= 0.3 is 0 Å². The highest BCUT2D eigenvalue weighted by molar-refractivity contribution is 6.18. The van der Waals surface area contributed by atoms with Crippen LogP contribution in [0.25, 0.3) is 0 Å². The number of nitrogens with one attached hydrogen (secondary N) is 1. The maximum absolute atomic E-state index is 13.8. The molecular formula is C13H16ClF2NO. The second kappa shape index (κ2) is 5.65. The summed E-state index contributed by atoms with van der Waals surface area (Å²) in [4.78, 5) is 11.9. The molecule has 0 saturated carbocycles. The second-order valence-electron chi connectivity index (χ2n) is 4.56. The maximum Gasteiger partial charge on any atom is 0.257 e. The van der Waals surface area contributed by atoms with Gasteiger partial charge in [-0.25, -0.2) is 8.78 Å². The summed E-state index contributed by atoms with van der Waals surface area (Å²) < 4.78 is 27.3. The van der Waals surface area contributed by atoms with Gasteiger partial charge in [0.2, 0.25) is 0 Å². The standard InChI is InChI=1S/C13H16ClF2NO/c1-4-13(3,7-14)17-12(18)10-9(15)6-5-8(2)11(10)16/h5-6H,4,7H2,1-3H3,(H,17,18). The van der Waals surface area contributed by atoms with Crippen LogP contribution >= 0.6 is 11.6 Å². The zero-order chi connectivity index (χ0) is 13.9. The molecule has 2 nitrogen and oxygen atoms in total. The zero-order valence-electron chi connectivity index (χ0n) is 10.6. The van der Waals surface area contributed by atoms with Crippen molar-refractivity contribution in [2.45, 2.75) is 32.7 Å². The van der Waals surface area contributed by atoms with Gasteiger partial charge in [-0.3, -0.25) is 4.79 Å². The van der Waals surface area contributed by atoms with Crippen molar-refractivity contribution in [3.05, 3.63) is 34.9 Å². The largest absolute Gasteiger partial charge is 0.346 e. The van der Waals surface area contributed by atoms with Gasteiger partial charge in [0.05, 0.1) is 5.54 Å². The molecule has 5 heteroatoms. The predicted molar refractivity (Wildman–Crippen MR) is 68.0 cm³/mol. The molecule has 0 aromatic heterocycles. The Balaban J connectivity index is 3.09. The van der Waals surface area contributed by atoms with Crippen LogP contribution in [-0.4, -0.2) is 17.3 Å². The Morgan fingerprint density at radius 3 is 2.56 bits per heavy atom. The van der Waals surface area contributed by atoms with Crippen molar-refractivity contribution in [3.8, 4) is 0 Å². The molecule has 1 amide bonds. The summed E-state index contributed by atoms with van der Waals surface area (Å²) in [6.45, 7) is 5.04. The molecule has 1 N–H and O–H groups in total. The normalized spacial score (nSPS) is 14.1. The minimum atomic E-state index is -0.872. The van der Waals surface area contributed by atoms with E-state index < -0.39 is 28.6 Å². The van der Waals surface area contributed by atoms with Crippen LogP contribution in [0.3, 0.4) is 0 Å². The molecule has 0 radical (unpaired) electrons. The number of hydrogen-bond acceptors (Lipinski definition) is 1. The third-order valence-corrected chi connectivity index (χ3v) is 3.59. The fourth-order valence-electron chi connectivity index (χ4n) is 1.42. The van der Waals surface area contributed by atoms with Crippen molar-refractivity contribution in [1.82, 2.24) is 5.32 Å². The Morgan fingerprint density at radius 1 is 1.44 bits per heavy atom. The molecule has 1 atom stereocenters. The number of rotatable bonds is 4. The minimum absolute atomic E-state index is 0.171. The number of carbonyl (C=O) groups is 1. The van der Waals surface area contributed by atoms with Gasteiger partial charge in [0.1, 0.15) is 17.2 Å². The van der Waals surface area contributed by atoms with Crippen LogP contribution in [0.2, 0.25) is 0 Å². The smallest absolute Gasteiger partial charge is 0.257 e. The van der Waals surface area contributed by atoms with Crippen molar-refractivity contribution in [2.24, 2.45) is 0 Å². The van der Waals surface area contributed by atoms with E-state index >= 15 is 0 Å². The monoisotopic (exact) mass is 275 g/mol. The molecule has 1 aromatic rings. The molecular weight excluding hydrogens is 260 g/mol. The number of amides is 1. The molecule has 0 spiro atoms. The topological polar surface area (TPSA) is 29.1 Å². The lowest BCUT2D eigenvalue weighted by Crippen LogP contribution is -2.47. The molecule has 0 saturated heterocycles. The van der Waals surface area contributed by atoms with Crippen LogP contribution in [0.5, 0.6) is 0 Å². The van der Waals surface area contributed by atoms with E-state index in [2.05, 4.69) is 5.32 Å². The molecule has 0 heterocycles. The lowest BCUT2D eigenvalue weighted by molar-refractivity contribution is 0.0903. The SMILES string of the molecule is CCC(C)(CCl)NC(=O)c1c(F)ccc(C)c1F. The molecule has 0 aliphatic carbocycles. The zero-order valence-corrected chi connectivity index (χ0v) is 11.4. The summed E-state index contributed by atoms with van der Waals surface area (Å²) in [5.74, 6) is -2.31. The Hall–Kier alpha value is -1.16. The van der Waals surface area contributed by atoms with Gasteiger partial charge in [-0.1, -0.05) is 13.0 Å². The summed E-state index contributed by atoms with van der Waals surface area (Å²) >= 11 is 5.75. The van der Waals surface area contributed by atoms with Crippen LogP contribution in [0.1, 0.15) is 36.2 Å². The fourth-order valence-corrected chi connectivity index (χ4v) is 1.67. The Morgan fingerprint density at radius 2 is 2.06 bits per heavy atom. The van der Waals surface area contributed by atoms with Gasteiger partial charge in [-0.05, 0) is 31.9 Å². The summed E-state index contributed by atoms with van der Waals surface area (Å²) in [5, 5.41) is 2.57. The van der Waals surface area contributed by atoms with Crippen molar-refractivity contribution in [2.75, 3.05) is 5.88 Å². The molecule has 1 aromatic carbocycles. The van der Waals surface area contributed by atoms with Gasteiger partial charge in [0.15, 0.2) is 0 Å². The Labute approximate surface area is 110 Å². The maximum atomic E-state index is 13.8. The highest BCUT2D eigenvalue weighted by Gasteiger charge is 2.27. The number of halogens is 3. The first-order valence-electron chi connectivity index (χ1n) is 5.67. The molecule has 18 heavy (non-hydrogen) atoms. The van der Waals surface area contributed by atoms with E-state index in [1.807, 2.05) is 6.92 Å². The molecule has 0 aliphatic rings. The third kappa shape index (κ3) is 2.99. The first-order valence-corrected chi connectivity index (χ1v) is 6.21. The second-order valence-corrected chi connectivity index (χ2v) is 4.82. The van der Waals surface area contributed by atoms with E-state index in [0.29, 0.717) is 6.42 Å². The van der Waals surface area contributed by atoms with Gasteiger partial charge in [-0.2, -0.15) is 0 Å². The summed E-state index contributed by atoms with van der Waals surface area (Å²) in [6, 6.07) is 2.37. The average molecular weight is 276 g/mol.